The number of carbonyl (C=O) groups excluding carboxylic acids is 2. The molecule has 1 aliphatic heterocycles. The molecule has 4 nitrogen and oxygen atoms in total. The minimum Gasteiger partial charge on any atom is -0.310 e. The molecule has 2 amide bonds. The molecule has 0 bridgehead atoms. The number of benzene rings is 1. The first-order valence-corrected chi connectivity index (χ1v) is 7.70. The van der Waals surface area contributed by atoms with Gasteiger partial charge in [-0.2, -0.15) is 0 Å². The summed E-state index contributed by atoms with van der Waals surface area (Å²) in [5.74, 6) is -0.278. The Kier molecular flexibility index (Phi) is 2.58. The smallest absolute Gasteiger partial charge is 0.238 e. The number of nitrogens with one attached hydrogen (secondary N) is 1. The zero-order chi connectivity index (χ0) is 14.8. The van der Waals surface area contributed by atoms with Gasteiger partial charge in [0.25, 0.3) is 0 Å². The highest BCUT2D eigenvalue weighted by Gasteiger charge is 2.72. The highest BCUT2D eigenvalue weighted by Crippen LogP contribution is 2.63. The van der Waals surface area contributed by atoms with Crippen LogP contribution in [0, 0.1) is 17.3 Å². The zero-order valence-corrected chi connectivity index (χ0v) is 12.4. The van der Waals surface area contributed by atoms with Crippen LogP contribution in [0.2, 0.25) is 0 Å². The number of hydrogen-bond acceptors (Lipinski definition) is 3. The summed E-state index contributed by atoms with van der Waals surface area (Å²) in [6.45, 7) is 4.86. The molecular weight excluding hydrogens is 264 g/mol. The van der Waals surface area contributed by atoms with E-state index >= 15 is 0 Å². The van der Waals surface area contributed by atoms with Crippen LogP contribution in [0.1, 0.15) is 32.3 Å². The lowest BCUT2D eigenvalue weighted by atomic mass is 10.0. The molecule has 1 aromatic carbocycles. The van der Waals surface area contributed by atoms with Crippen molar-refractivity contribution in [3.05, 3.63) is 29.8 Å². The van der Waals surface area contributed by atoms with Crippen LogP contribution in [0.5, 0.6) is 0 Å². The highest BCUT2D eigenvalue weighted by atomic mass is 16.2. The quantitative estimate of drug-likeness (QED) is 0.861. The number of carbonyl (C=O) groups is 2. The minimum absolute atomic E-state index is 0.0288. The van der Waals surface area contributed by atoms with Crippen LogP contribution >= 0.6 is 0 Å². The second-order valence-electron chi connectivity index (χ2n) is 7.11. The fraction of sp³-hybridized carbons (Fsp3) is 0.529. The molecular formula is C17H20N2O2. The summed E-state index contributed by atoms with van der Waals surface area (Å²) in [5, 5.41) is 3.46. The van der Waals surface area contributed by atoms with Crippen LogP contribution in [0.4, 0.5) is 5.69 Å². The van der Waals surface area contributed by atoms with Crippen molar-refractivity contribution in [2.45, 2.75) is 39.3 Å². The van der Waals surface area contributed by atoms with Crippen molar-refractivity contribution in [1.82, 2.24) is 5.32 Å². The Morgan fingerprint density at radius 2 is 1.67 bits per heavy atom. The highest BCUT2D eigenvalue weighted by molar-refractivity contribution is 6.25. The maximum Gasteiger partial charge on any atom is 0.238 e. The van der Waals surface area contributed by atoms with Gasteiger partial charge in [0.1, 0.15) is 0 Å². The molecule has 21 heavy (non-hydrogen) atoms. The average Bonchev–Trinajstić information content (AvgIpc) is 3.32. The Morgan fingerprint density at radius 1 is 1.10 bits per heavy atom. The summed E-state index contributed by atoms with van der Waals surface area (Å²) in [6, 6.07) is 8.45. The average molecular weight is 284 g/mol. The zero-order valence-electron chi connectivity index (χ0n) is 12.4. The summed E-state index contributed by atoms with van der Waals surface area (Å²) in [6.07, 6.45) is 2.54. The number of nitrogens with zero attached hydrogens (tertiary/aromatic N) is 1. The maximum atomic E-state index is 12.4. The van der Waals surface area contributed by atoms with E-state index < -0.39 is 0 Å². The molecule has 1 heterocycles. The van der Waals surface area contributed by atoms with Crippen molar-refractivity contribution in [3.8, 4) is 0 Å². The van der Waals surface area contributed by atoms with Gasteiger partial charge in [0.15, 0.2) is 0 Å². The minimum atomic E-state index is -0.140. The normalized spacial score (nSPS) is 29.7. The van der Waals surface area contributed by atoms with Crippen LogP contribution in [0.15, 0.2) is 24.3 Å². The number of anilines is 1. The number of amides is 2. The van der Waals surface area contributed by atoms with E-state index in [-0.39, 0.29) is 29.1 Å². The van der Waals surface area contributed by atoms with E-state index in [0.717, 1.165) is 6.54 Å². The molecule has 3 fully saturated rings. The molecule has 4 heteroatoms. The van der Waals surface area contributed by atoms with Crippen LogP contribution in [0.3, 0.4) is 0 Å². The Labute approximate surface area is 124 Å². The first-order valence-electron chi connectivity index (χ1n) is 7.70. The maximum absolute atomic E-state index is 12.4. The van der Waals surface area contributed by atoms with E-state index in [1.54, 1.807) is 0 Å². The van der Waals surface area contributed by atoms with Gasteiger partial charge in [-0.3, -0.25) is 14.5 Å². The van der Waals surface area contributed by atoms with Gasteiger partial charge in [-0.1, -0.05) is 26.0 Å². The van der Waals surface area contributed by atoms with Crippen molar-refractivity contribution < 1.29 is 9.59 Å². The van der Waals surface area contributed by atoms with Crippen molar-refractivity contribution in [3.63, 3.8) is 0 Å². The second kappa shape index (κ2) is 4.17. The van der Waals surface area contributed by atoms with E-state index in [1.165, 1.54) is 23.3 Å². The van der Waals surface area contributed by atoms with Gasteiger partial charge in [0, 0.05) is 12.6 Å². The van der Waals surface area contributed by atoms with Crippen LogP contribution in [-0.4, -0.2) is 17.9 Å². The molecule has 110 valence electrons. The van der Waals surface area contributed by atoms with E-state index in [1.807, 2.05) is 38.1 Å². The predicted octanol–water partition coefficient (Wildman–Crippen LogP) is 2.08. The molecule has 0 spiro atoms. The molecule has 4 rings (SSSR count). The molecule has 2 aliphatic carbocycles. The summed E-state index contributed by atoms with van der Waals surface area (Å²) in [7, 11) is 0. The van der Waals surface area contributed by atoms with Gasteiger partial charge < -0.3 is 5.32 Å². The van der Waals surface area contributed by atoms with Crippen molar-refractivity contribution in [2.75, 3.05) is 4.90 Å². The molecule has 2 atom stereocenters. The molecule has 0 radical (unpaired) electrons. The van der Waals surface area contributed by atoms with Crippen LogP contribution in [0.25, 0.3) is 0 Å². The molecule has 1 saturated heterocycles. The fourth-order valence-corrected chi connectivity index (χ4v) is 3.51. The Hall–Kier alpha value is -1.68. The van der Waals surface area contributed by atoms with E-state index in [9.17, 15) is 9.59 Å². The van der Waals surface area contributed by atoms with Crippen molar-refractivity contribution >= 4 is 17.5 Å². The summed E-state index contributed by atoms with van der Waals surface area (Å²) >= 11 is 0. The molecule has 3 aliphatic rings. The van der Waals surface area contributed by atoms with E-state index in [0.29, 0.717) is 11.7 Å². The molecule has 1 aromatic rings. The van der Waals surface area contributed by atoms with Crippen molar-refractivity contribution in [1.29, 1.82) is 0 Å². The largest absolute Gasteiger partial charge is 0.310 e. The summed E-state index contributed by atoms with van der Waals surface area (Å²) in [5.41, 5.74) is 1.76. The third-order valence-corrected chi connectivity index (χ3v) is 5.17. The number of hydrogen-bond donors (Lipinski definition) is 1. The van der Waals surface area contributed by atoms with Crippen LogP contribution in [-0.2, 0) is 16.1 Å². The lowest BCUT2D eigenvalue weighted by Gasteiger charge is -2.20. The molecule has 0 aromatic heterocycles. The van der Waals surface area contributed by atoms with Gasteiger partial charge in [0.05, 0.1) is 17.5 Å². The van der Waals surface area contributed by atoms with E-state index in [4.69, 9.17) is 0 Å². The fourth-order valence-electron chi connectivity index (χ4n) is 3.51. The van der Waals surface area contributed by atoms with Crippen LogP contribution < -0.4 is 10.2 Å². The van der Waals surface area contributed by atoms with Gasteiger partial charge in [-0.05, 0) is 36.0 Å². The molecule has 2 unspecified atom stereocenters. The lowest BCUT2D eigenvalue weighted by molar-refractivity contribution is -0.125. The first-order chi connectivity index (χ1) is 10.00. The number of rotatable bonds is 4. The predicted molar refractivity (Wildman–Crippen MR) is 79.6 cm³/mol. The SMILES string of the molecule is CC1(C)C2C(=O)N(c3ccc(CNC4CC4)cc3)C(=O)C21. The summed E-state index contributed by atoms with van der Waals surface area (Å²) < 4.78 is 0. The van der Waals surface area contributed by atoms with Gasteiger partial charge in [-0.15, -0.1) is 0 Å². The summed E-state index contributed by atoms with van der Waals surface area (Å²) in [4.78, 5) is 26.1. The van der Waals surface area contributed by atoms with Gasteiger partial charge in [0.2, 0.25) is 11.8 Å². The standard InChI is InChI=1S/C17H20N2O2/c1-17(2)13-14(17)16(21)19(15(13)20)12-7-3-10(4-8-12)9-18-11-5-6-11/h3-4,7-8,11,13-14,18H,5-6,9H2,1-2H3. The first kappa shape index (κ1) is 13.0. The van der Waals surface area contributed by atoms with Crippen molar-refractivity contribution in [2.24, 2.45) is 17.3 Å². The molecule has 1 N–H and O–H groups in total. The molecule has 2 saturated carbocycles. The lowest BCUT2D eigenvalue weighted by Crippen LogP contribution is -2.36. The van der Waals surface area contributed by atoms with E-state index in [2.05, 4.69) is 5.32 Å². The Morgan fingerprint density at radius 3 is 2.19 bits per heavy atom. The third-order valence-electron chi connectivity index (χ3n) is 5.17. The van der Waals surface area contributed by atoms with Gasteiger partial charge in [-0.25, -0.2) is 0 Å². The number of piperidine rings is 1. The number of imide groups is 1. The topological polar surface area (TPSA) is 49.4 Å². The van der Waals surface area contributed by atoms with Gasteiger partial charge >= 0.3 is 0 Å². The monoisotopic (exact) mass is 284 g/mol. The number of fused-ring (bicyclic) bond motifs is 1. The Balaban J connectivity index is 1.49. The second-order valence-corrected chi connectivity index (χ2v) is 7.11. The third kappa shape index (κ3) is 1.93. The Bertz CT molecular complexity index is 592.